The van der Waals surface area contributed by atoms with Gasteiger partial charge in [0.1, 0.15) is 10.4 Å². The third-order valence-electron chi connectivity index (χ3n) is 5.38. The molecule has 2 aromatic heterocycles. The van der Waals surface area contributed by atoms with E-state index in [9.17, 15) is 18.5 Å². The number of aromatic nitrogens is 3. The quantitative estimate of drug-likeness (QED) is 0.469. The number of rotatable bonds is 2. The first-order valence-corrected chi connectivity index (χ1v) is 11.4. The van der Waals surface area contributed by atoms with E-state index in [1.165, 1.54) is 6.07 Å². The number of H-pyrrole nitrogens is 1. The van der Waals surface area contributed by atoms with Crippen LogP contribution in [-0.2, 0) is 16.6 Å². The van der Waals surface area contributed by atoms with Gasteiger partial charge >= 0.3 is 0 Å². The highest BCUT2D eigenvalue weighted by Gasteiger charge is 2.30. The van der Waals surface area contributed by atoms with Gasteiger partial charge in [0.25, 0.3) is 0 Å². The van der Waals surface area contributed by atoms with E-state index in [0.717, 1.165) is 0 Å². The third-order valence-corrected chi connectivity index (χ3v) is 7.34. The van der Waals surface area contributed by atoms with Gasteiger partial charge in [-0.05, 0) is 42.3 Å². The second kappa shape index (κ2) is 7.24. The molecule has 0 radical (unpaired) electrons. The molecule has 5 rings (SSSR count). The van der Waals surface area contributed by atoms with Crippen LogP contribution in [0.1, 0.15) is 16.7 Å². The number of hydrogen-bond donors (Lipinski definition) is 2. The molecule has 0 saturated heterocycles. The molecule has 0 saturated carbocycles. The number of halogens is 1. The molecule has 0 amide bonds. The second-order valence-electron chi connectivity index (χ2n) is 7.34. The van der Waals surface area contributed by atoms with E-state index in [0.29, 0.717) is 50.4 Å². The fourth-order valence-electron chi connectivity index (χ4n) is 3.84. The van der Waals surface area contributed by atoms with Crippen molar-refractivity contribution in [2.24, 2.45) is 0 Å². The van der Waals surface area contributed by atoms with Gasteiger partial charge in [0.05, 0.1) is 28.0 Å². The average Bonchev–Trinajstić information content (AvgIpc) is 3.08. The number of nitriles is 1. The zero-order valence-corrected chi connectivity index (χ0v) is 18.2. The van der Waals surface area contributed by atoms with Gasteiger partial charge < -0.3 is 4.98 Å². The molecule has 3 heterocycles. The molecule has 1 aliphatic heterocycles. The highest BCUT2D eigenvalue weighted by molar-refractivity contribution is 7.90. The Labute approximate surface area is 187 Å². The standard InChI is InChI=1S/C22H14ClN5O3S/c1-11-12(9-24)3-2-4-15(11)20-19(26-17-5-6-18(29)27-22(17)28-20)13-7-14-10-25-32(30,31)21(14)16(23)8-13/h2-8,25H,10H2,1H3,(H,27,28,29). The third kappa shape index (κ3) is 3.17. The summed E-state index contributed by atoms with van der Waals surface area (Å²) in [6, 6.07) is 13.6. The number of benzene rings is 2. The smallest absolute Gasteiger partial charge is 0.249 e. The van der Waals surface area contributed by atoms with Crippen molar-refractivity contribution in [3.05, 3.63) is 74.5 Å². The van der Waals surface area contributed by atoms with Gasteiger partial charge in [-0.1, -0.05) is 23.7 Å². The van der Waals surface area contributed by atoms with E-state index in [-0.39, 0.29) is 22.0 Å². The molecule has 0 aliphatic carbocycles. The molecule has 1 aliphatic rings. The maximum absolute atomic E-state index is 12.2. The molecule has 0 bridgehead atoms. The Bertz CT molecular complexity index is 1660. The molecule has 0 atom stereocenters. The van der Waals surface area contributed by atoms with Crippen molar-refractivity contribution in [1.29, 1.82) is 5.26 Å². The summed E-state index contributed by atoms with van der Waals surface area (Å²) < 4.78 is 27.0. The molecular weight excluding hydrogens is 450 g/mol. The lowest BCUT2D eigenvalue weighted by Gasteiger charge is -2.14. The lowest BCUT2D eigenvalue weighted by molar-refractivity contribution is 0.589. The molecule has 4 aromatic rings. The Balaban J connectivity index is 1.85. The lowest BCUT2D eigenvalue weighted by Crippen LogP contribution is -2.14. The molecule has 32 heavy (non-hydrogen) atoms. The number of aromatic amines is 1. The van der Waals surface area contributed by atoms with E-state index in [2.05, 4.69) is 20.8 Å². The Kier molecular flexibility index (Phi) is 4.60. The van der Waals surface area contributed by atoms with Crippen molar-refractivity contribution < 1.29 is 8.42 Å². The fraction of sp³-hybridized carbons (Fsp3) is 0.0909. The van der Waals surface area contributed by atoms with Crippen LogP contribution in [0.3, 0.4) is 0 Å². The zero-order chi connectivity index (χ0) is 22.6. The van der Waals surface area contributed by atoms with E-state index in [4.69, 9.17) is 16.6 Å². The number of nitrogens with one attached hydrogen (secondary N) is 2. The van der Waals surface area contributed by atoms with E-state index >= 15 is 0 Å². The Morgan fingerprint density at radius 2 is 1.94 bits per heavy atom. The summed E-state index contributed by atoms with van der Waals surface area (Å²) in [4.78, 5) is 24.0. The van der Waals surface area contributed by atoms with Gasteiger partial charge in [-0.2, -0.15) is 5.26 Å². The SMILES string of the molecule is Cc1c(C#N)cccc1-c1nc2[nH]c(=O)ccc2nc1-c1cc(Cl)c2c(c1)CNS2(=O)=O. The predicted octanol–water partition coefficient (Wildman–Crippen LogP) is 3.28. The molecule has 2 N–H and O–H groups in total. The van der Waals surface area contributed by atoms with Crippen molar-refractivity contribution >= 4 is 32.8 Å². The maximum Gasteiger partial charge on any atom is 0.249 e. The zero-order valence-electron chi connectivity index (χ0n) is 16.6. The fourth-order valence-corrected chi connectivity index (χ4v) is 5.66. The summed E-state index contributed by atoms with van der Waals surface area (Å²) >= 11 is 6.37. The van der Waals surface area contributed by atoms with Gasteiger partial charge in [-0.25, -0.2) is 23.1 Å². The molecular formula is C22H14ClN5O3S. The van der Waals surface area contributed by atoms with Crippen LogP contribution < -0.4 is 10.3 Å². The minimum atomic E-state index is -3.65. The Morgan fingerprint density at radius 1 is 1.12 bits per heavy atom. The number of nitrogens with zero attached hydrogens (tertiary/aromatic N) is 3. The highest BCUT2D eigenvalue weighted by atomic mass is 35.5. The van der Waals surface area contributed by atoms with Crippen LogP contribution in [0.4, 0.5) is 0 Å². The summed E-state index contributed by atoms with van der Waals surface area (Å²) in [5.74, 6) is 0. The van der Waals surface area contributed by atoms with Crippen LogP contribution in [0.2, 0.25) is 5.02 Å². The first kappa shape index (κ1) is 20.3. The average molecular weight is 464 g/mol. The van der Waals surface area contributed by atoms with Crippen molar-refractivity contribution in [3.63, 3.8) is 0 Å². The number of fused-ring (bicyclic) bond motifs is 2. The molecule has 0 spiro atoms. The van der Waals surface area contributed by atoms with Crippen LogP contribution in [-0.4, -0.2) is 23.4 Å². The number of sulfonamides is 1. The first-order valence-electron chi connectivity index (χ1n) is 9.52. The first-order chi connectivity index (χ1) is 15.3. The Hall–Kier alpha value is -3.58. The van der Waals surface area contributed by atoms with Gasteiger partial charge in [-0.3, -0.25) is 4.79 Å². The Morgan fingerprint density at radius 3 is 2.72 bits per heavy atom. The summed E-state index contributed by atoms with van der Waals surface area (Å²) in [6.45, 7) is 1.93. The minimum absolute atomic E-state index is 0.0604. The van der Waals surface area contributed by atoms with Crippen LogP contribution in [0.5, 0.6) is 0 Å². The van der Waals surface area contributed by atoms with Crippen LogP contribution >= 0.6 is 11.6 Å². The molecule has 158 valence electrons. The summed E-state index contributed by atoms with van der Waals surface area (Å²) in [7, 11) is -3.65. The van der Waals surface area contributed by atoms with E-state index in [1.807, 2.05) is 13.0 Å². The van der Waals surface area contributed by atoms with Gasteiger partial charge in [0.15, 0.2) is 5.65 Å². The van der Waals surface area contributed by atoms with Crippen LogP contribution in [0, 0.1) is 18.3 Å². The molecule has 8 nitrogen and oxygen atoms in total. The highest BCUT2D eigenvalue weighted by Crippen LogP contribution is 2.38. The largest absolute Gasteiger partial charge is 0.305 e. The lowest BCUT2D eigenvalue weighted by atomic mass is 9.96. The maximum atomic E-state index is 12.2. The van der Waals surface area contributed by atoms with Gasteiger partial charge in [0.2, 0.25) is 15.6 Å². The molecule has 10 heteroatoms. The van der Waals surface area contributed by atoms with Crippen molar-refractivity contribution in [2.75, 3.05) is 0 Å². The summed E-state index contributed by atoms with van der Waals surface area (Å²) in [5.41, 5.74) is 4.31. The molecule has 2 aromatic carbocycles. The van der Waals surface area contributed by atoms with E-state index in [1.54, 1.807) is 30.3 Å². The van der Waals surface area contributed by atoms with Crippen molar-refractivity contribution in [2.45, 2.75) is 18.4 Å². The molecule has 0 fully saturated rings. The van der Waals surface area contributed by atoms with Crippen LogP contribution in [0.25, 0.3) is 33.7 Å². The van der Waals surface area contributed by atoms with Crippen molar-refractivity contribution in [3.8, 4) is 28.6 Å². The second-order valence-corrected chi connectivity index (χ2v) is 9.45. The minimum Gasteiger partial charge on any atom is -0.305 e. The van der Waals surface area contributed by atoms with Gasteiger partial charge in [-0.15, -0.1) is 0 Å². The molecule has 0 unspecified atom stereocenters. The number of pyridine rings is 1. The number of hydrogen-bond acceptors (Lipinski definition) is 6. The predicted molar refractivity (Wildman–Crippen MR) is 120 cm³/mol. The van der Waals surface area contributed by atoms with Crippen LogP contribution in [0.15, 0.2) is 52.2 Å². The van der Waals surface area contributed by atoms with Crippen molar-refractivity contribution in [1.82, 2.24) is 19.7 Å². The van der Waals surface area contributed by atoms with Gasteiger partial charge in [0, 0.05) is 23.7 Å². The monoisotopic (exact) mass is 463 g/mol. The summed E-state index contributed by atoms with van der Waals surface area (Å²) in [6.07, 6.45) is 0. The topological polar surface area (TPSA) is 129 Å². The summed E-state index contributed by atoms with van der Waals surface area (Å²) in [5, 5.41) is 9.54. The van der Waals surface area contributed by atoms with E-state index < -0.39 is 10.0 Å². The normalized spacial score (nSPS) is 14.3.